The van der Waals surface area contributed by atoms with Crippen LogP contribution in [0.2, 0.25) is 0 Å². The van der Waals surface area contributed by atoms with Crippen molar-refractivity contribution < 1.29 is 9.59 Å². The van der Waals surface area contributed by atoms with Crippen molar-refractivity contribution in [3.8, 4) is 0 Å². The van der Waals surface area contributed by atoms with Gasteiger partial charge in [0.05, 0.1) is 11.7 Å². The van der Waals surface area contributed by atoms with Crippen molar-refractivity contribution in [2.45, 2.75) is 58.4 Å². The van der Waals surface area contributed by atoms with E-state index < -0.39 is 0 Å². The number of thioether (sulfide) groups is 1. The zero-order valence-corrected chi connectivity index (χ0v) is 13.5. The number of carbonyl (C=O) groups is 2. The van der Waals surface area contributed by atoms with Crippen molar-refractivity contribution in [3.05, 3.63) is 0 Å². The van der Waals surface area contributed by atoms with Crippen LogP contribution in [0.1, 0.15) is 52.4 Å². The fraction of sp³-hybridized carbons (Fsp3) is 0.733. The molecule has 0 saturated heterocycles. The third-order valence-electron chi connectivity index (χ3n) is 3.99. The third-order valence-corrected chi connectivity index (χ3v) is 4.84. The van der Waals surface area contributed by atoms with Gasteiger partial charge < -0.3 is 5.32 Å². The summed E-state index contributed by atoms with van der Waals surface area (Å²) in [5.74, 6) is -0.0472. The highest BCUT2D eigenvalue weighted by molar-refractivity contribution is 8.14. The summed E-state index contributed by atoms with van der Waals surface area (Å²) in [4.78, 5) is 32.1. The van der Waals surface area contributed by atoms with E-state index in [1.807, 2.05) is 13.8 Å². The standard InChI is InChI=1S/C15H23N3O2S/c1-3-12-10(2)16-15(18-14(12)20)21-9-13(19)17-11-7-5-4-6-8-11/h11-12H,3-9H2,1-2H3,(H,17,19). The lowest BCUT2D eigenvalue weighted by atomic mass is 9.95. The summed E-state index contributed by atoms with van der Waals surface area (Å²) in [7, 11) is 0. The first-order valence-corrected chi connectivity index (χ1v) is 8.68. The molecule has 1 unspecified atom stereocenters. The molecule has 1 atom stereocenters. The maximum atomic E-state index is 11.9. The van der Waals surface area contributed by atoms with Gasteiger partial charge in [-0.05, 0) is 26.2 Å². The molecule has 116 valence electrons. The molecule has 1 aliphatic carbocycles. The Hall–Kier alpha value is -1.17. The van der Waals surface area contributed by atoms with Crippen LogP contribution in [0, 0.1) is 5.92 Å². The van der Waals surface area contributed by atoms with Gasteiger partial charge in [0.1, 0.15) is 0 Å². The van der Waals surface area contributed by atoms with Gasteiger partial charge in [0.2, 0.25) is 5.91 Å². The van der Waals surface area contributed by atoms with E-state index >= 15 is 0 Å². The predicted octanol–water partition coefficient (Wildman–Crippen LogP) is 2.55. The fourth-order valence-electron chi connectivity index (χ4n) is 2.79. The first-order valence-electron chi connectivity index (χ1n) is 7.70. The number of aliphatic imine (C=N–C) groups is 2. The van der Waals surface area contributed by atoms with Gasteiger partial charge in [-0.15, -0.1) is 0 Å². The van der Waals surface area contributed by atoms with E-state index in [1.165, 1.54) is 31.0 Å². The van der Waals surface area contributed by atoms with Crippen molar-refractivity contribution in [2.24, 2.45) is 15.9 Å². The smallest absolute Gasteiger partial charge is 0.256 e. The molecule has 0 spiro atoms. The van der Waals surface area contributed by atoms with Gasteiger partial charge in [0.15, 0.2) is 5.17 Å². The molecule has 2 rings (SSSR count). The normalized spacial score (nSPS) is 23.5. The molecule has 2 aliphatic rings. The molecular weight excluding hydrogens is 286 g/mol. The van der Waals surface area contributed by atoms with Crippen LogP contribution >= 0.6 is 11.8 Å². The molecule has 2 amide bonds. The number of hydrogen-bond acceptors (Lipinski definition) is 4. The second-order valence-corrected chi connectivity index (χ2v) is 6.58. The second-order valence-electron chi connectivity index (χ2n) is 5.64. The molecule has 6 heteroatoms. The Morgan fingerprint density at radius 1 is 1.29 bits per heavy atom. The lowest BCUT2D eigenvalue weighted by molar-refractivity contribution is -0.120. The van der Waals surface area contributed by atoms with Crippen molar-refractivity contribution in [1.29, 1.82) is 0 Å². The molecule has 1 N–H and O–H groups in total. The van der Waals surface area contributed by atoms with Crippen LogP contribution in [-0.4, -0.2) is 34.5 Å². The van der Waals surface area contributed by atoms with Crippen LogP contribution in [0.15, 0.2) is 9.98 Å². The molecule has 0 aromatic rings. The Morgan fingerprint density at radius 2 is 2.00 bits per heavy atom. The van der Waals surface area contributed by atoms with E-state index in [0.717, 1.165) is 25.0 Å². The Labute approximate surface area is 130 Å². The fourth-order valence-corrected chi connectivity index (χ4v) is 3.49. The maximum Gasteiger partial charge on any atom is 0.256 e. The quantitative estimate of drug-likeness (QED) is 0.867. The van der Waals surface area contributed by atoms with Gasteiger partial charge >= 0.3 is 0 Å². The highest BCUT2D eigenvalue weighted by Crippen LogP contribution is 2.19. The van der Waals surface area contributed by atoms with E-state index in [9.17, 15) is 9.59 Å². The van der Waals surface area contributed by atoms with Crippen molar-refractivity contribution in [2.75, 3.05) is 5.75 Å². The maximum absolute atomic E-state index is 11.9. The van der Waals surface area contributed by atoms with E-state index in [-0.39, 0.29) is 23.5 Å². The Kier molecular flexibility index (Phi) is 5.96. The van der Waals surface area contributed by atoms with Gasteiger partial charge in [0, 0.05) is 11.8 Å². The van der Waals surface area contributed by atoms with E-state index in [1.54, 1.807) is 0 Å². The minimum Gasteiger partial charge on any atom is -0.353 e. The summed E-state index contributed by atoms with van der Waals surface area (Å²) in [5.41, 5.74) is 0.799. The number of nitrogens with zero attached hydrogens (tertiary/aromatic N) is 2. The Morgan fingerprint density at radius 3 is 2.62 bits per heavy atom. The molecule has 0 radical (unpaired) electrons. The first-order chi connectivity index (χ1) is 10.1. The molecule has 1 saturated carbocycles. The largest absolute Gasteiger partial charge is 0.353 e. The molecule has 0 aromatic carbocycles. The lowest BCUT2D eigenvalue weighted by Gasteiger charge is -2.22. The summed E-state index contributed by atoms with van der Waals surface area (Å²) in [6.45, 7) is 3.80. The van der Waals surface area contributed by atoms with Gasteiger partial charge in [0.25, 0.3) is 5.91 Å². The highest BCUT2D eigenvalue weighted by atomic mass is 32.2. The summed E-state index contributed by atoms with van der Waals surface area (Å²) in [6, 6.07) is 0.316. The van der Waals surface area contributed by atoms with E-state index in [4.69, 9.17) is 0 Å². The Balaban J connectivity index is 1.80. The van der Waals surface area contributed by atoms with Crippen LogP contribution in [0.4, 0.5) is 0 Å². The van der Waals surface area contributed by atoms with Gasteiger partial charge in [-0.1, -0.05) is 37.9 Å². The third kappa shape index (κ3) is 4.66. The van der Waals surface area contributed by atoms with Crippen LogP contribution in [0.5, 0.6) is 0 Å². The molecule has 21 heavy (non-hydrogen) atoms. The number of carbonyl (C=O) groups excluding carboxylic acids is 2. The number of hydrogen-bond donors (Lipinski definition) is 1. The van der Waals surface area contributed by atoms with Crippen molar-refractivity contribution in [1.82, 2.24) is 5.32 Å². The zero-order chi connectivity index (χ0) is 15.2. The average Bonchev–Trinajstić information content (AvgIpc) is 2.46. The lowest BCUT2D eigenvalue weighted by Crippen LogP contribution is -2.37. The van der Waals surface area contributed by atoms with Crippen LogP contribution in [0.25, 0.3) is 0 Å². The average molecular weight is 309 g/mol. The van der Waals surface area contributed by atoms with Crippen LogP contribution in [-0.2, 0) is 9.59 Å². The molecule has 0 bridgehead atoms. The number of amides is 2. The van der Waals surface area contributed by atoms with E-state index in [0.29, 0.717) is 11.2 Å². The molecule has 0 aromatic heterocycles. The summed E-state index contributed by atoms with van der Waals surface area (Å²) in [5, 5.41) is 3.47. The molecular formula is C15H23N3O2S. The monoisotopic (exact) mass is 309 g/mol. The SMILES string of the molecule is CCC1C(=O)N=C(SCC(=O)NC2CCCCC2)N=C1C. The molecule has 5 nitrogen and oxygen atoms in total. The number of rotatable bonds is 4. The molecule has 1 heterocycles. The van der Waals surface area contributed by atoms with Gasteiger partial charge in [-0.25, -0.2) is 4.99 Å². The van der Waals surface area contributed by atoms with Crippen molar-refractivity contribution in [3.63, 3.8) is 0 Å². The zero-order valence-electron chi connectivity index (χ0n) is 12.7. The van der Waals surface area contributed by atoms with Crippen LogP contribution < -0.4 is 5.32 Å². The molecule has 1 aliphatic heterocycles. The predicted molar refractivity (Wildman–Crippen MR) is 86.8 cm³/mol. The van der Waals surface area contributed by atoms with Crippen LogP contribution in [0.3, 0.4) is 0 Å². The second kappa shape index (κ2) is 7.73. The highest BCUT2D eigenvalue weighted by Gasteiger charge is 2.25. The van der Waals surface area contributed by atoms with Crippen molar-refractivity contribution >= 4 is 34.5 Å². The summed E-state index contributed by atoms with van der Waals surface area (Å²) >= 11 is 1.24. The molecule has 1 fully saturated rings. The Bertz CT molecular complexity index is 468. The minimum atomic E-state index is -0.189. The van der Waals surface area contributed by atoms with Gasteiger partial charge in [-0.3, -0.25) is 9.59 Å². The number of nitrogens with one attached hydrogen (secondary N) is 1. The number of amidine groups is 1. The van der Waals surface area contributed by atoms with E-state index in [2.05, 4.69) is 15.3 Å². The van der Waals surface area contributed by atoms with Gasteiger partial charge in [-0.2, -0.15) is 4.99 Å². The summed E-state index contributed by atoms with van der Waals surface area (Å²) in [6.07, 6.45) is 6.53. The first kappa shape index (κ1) is 16.2. The topological polar surface area (TPSA) is 70.9 Å². The summed E-state index contributed by atoms with van der Waals surface area (Å²) < 4.78 is 0. The minimum absolute atomic E-state index is 0.00696.